The molecule has 22 heavy (non-hydrogen) atoms. The SMILES string of the molecule is CCN1C(=O)CCC12CCCN(c1cc(OC)ncn1)CC2. The zero-order valence-corrected chi connectivity index (χ0v) is 13.4. The number of carbonyl (C=O) groups excluding carboxylic acids is 1. The Hall–Kier alpha value is -1.85. The molecule has 1 unspecified atom stereocenters. The molecule has 0 bridgehead atoms. The molecular formula is C16H24N4O2. The van der Waals surface area contributed by atoms with Gasteiger partial charge in [0.15, 0.2) is 0 Å². The number of anilines is 1. The van der Waals surface area contributed by atoms with Crippen molar-refractivity contribution < 1.29 is 9.53 Å². The molecule has 0 radical (unpaired) electrons. The van der Waals surface area contributed by atoms with Crippen LogP contribution in [-0.4, -0.2) is 53.1 Å². The fraction of sp³-hybridized carbons (Fsp3) is 0.688. The van der Waals surface area contributed by atoms with Crippen LogP contribution in [0, 0.1) is 0 Å². The van der Waals surface area contributed by atoms with Crippen LogP contribution in [0.4, 0.5) is 5.82 Å². The third-order valence-electron chi connectivity index (χ3n) is 5.07. The van der Waals surface area contributed by atoms with Gasteiger partial charge in [-0.3, -0.25) is 4.79 Å². The standard InChI is InChI=1S/C16H24N4O2/c1-3-20-15(21)5-7-16(20)6-4-9-19(10-8-16)13-11-14(22-2)18-12-17-13/h11-12H,3-10H2,1-2H3. The van der Waals surface area contributed by atoms with E-state index >= 15 is 0 Å². The van der Waals surface area contributed by atoms with E-state index in [1.165, 1.54) is 0 Å². The zero-order chi connectivity index (χ0) is 15.6. The van der Waals surface area contributed by atoms with Crippen LogP contribution in [0.2, 0.25) is 0 Å². The van der Waals surface area contributed by atoms with Gasteiger partial charge in [-0.25, -0.2) is 9.97 Å². The van der Waals surface area contributed by atoms with Gasteiger partial charge >= 0.3 is 0 Å². The van der Waals surface area contributed by atoms with Crippen molar-refractivity contribution in [3.8, 4) is 5.88 Å². The molecule has 0 aromatic carbocycles. The number of carbonyl (C=O) groups is 1. The van der Waals surface area contributed by atoms with Crippen LogP contribution in [0.15, 0.2) is 12.4 Å². The van der Waals surface area contributed by atoms with E-state index < -0.39 is 0 Å². The lowest BCUT2D eigenvalue weighted by atomic mass is 9.88. The Morgan fingerprint density at radius 1 is 1.27 bits per heavy atom. The van der Waals surface area contributed by atoms with Crippen molar-refractivity contribution in [3.05, 3.63) is 12.4 Å². The summed E-state index contributed by atoms with van der Waals surface area (Å²) in [4.78, 5) is 24.9. The molecule has 1 spiro atoms. The number of ether oxygens (including phenoxy) is 1. The average molecular weight is 304 g/mol. The lowest BCUT2D eigenvalue weighted by Crippen LogP contribution is -2.46. The molecule has 2 aliphatic heterocycles. The number of hydrogen-bond acceptors (Lipinski definition) is 5. The summed E-state index contributed by atoms with van der Waals surface area (Å²) >= 11 is 0. The second kappa shape index (κ2) is 6.10. The van der Waals surface area contributed by atoms with E-state index in [1.54, 1.807) is 13.4 Å². The molecule has 1 amide bonds. The molecule has 1 aromatic rings. The lowest BCUT2D eigenvalue weighted by molar-refractivity contribution is -0.131. The highest BCUT2D eigenvalue weighted by molar-refractivity contribution is 5.79. The smallest absolute Gasteiger partial charge is 0.223 e. The largest absolute Gasteiger partial charge is 0.481 e. The van der Waals surface area contributed by atoms with Crippen LogP contribution in [0.3, 0.4) is 0 Å². The first-order valence-corrected chi connectivity index (χ1v) is 8.10. The summed E-state index contributed by atoms with van der Waals surface area (Å²) < 4.78 is 5.19. The number of methoxy groups -OCH3 is 1. The summed E-state index contributed by atoms with van der Waals surface area (Å²) in [5.74, 6) is 1.83. The maximum atomic E-state index is 12.1. The average Bonchev–Trinajstić information content (AvgIpc) is 2.72. The summed E-state index contributed by atoms with van der Waals surface area (Å²) in [6.07, 6.45) is 6.43. The van der Waals surface area contributed by atoms with E-state index in [0.29, 0.717) is 18.2 Å². The van der Waals surface area contributed by atoms with E-state index in [9.17, 15) is 4.79 Å². The first-order valence-electron chi connectivity index (χ1n) is 8.10. The molecule has 0 aliphatic carbocycles. The van der Waals surface area contributed by atoms with Crippen molar-refractivity contribution >= 4 is 11.7 Å². The molecule has 0 N–H and O–H groups in total. The van der Waals surface area contributed by atoms with E-state index in [2.05, 4.69) is 26.7 Å². The number of nitrogens with zero attached hydrogens (tertiary/aromatic N) is 4. The van der Waals surface area contributed by atoms with E-state index in [-0.39, 0.29) is 5.54 Å². The first kappa shape index (κ1) is 15.1. The van der Waals surface area contributed by atoms with Gasteiger partial charge in [0, 0.05) is 37.7 Å². The maximum Gasteiger partial charge on any atom is 0.223 e. The van der Waals surface area contributed by atoms with Crippen molar-refractivity contribution in [2.45, 2.75) is 44.6 Å². The quantitative estimate of drug-likeness (QED) is 0.853. The van der Waals surface area contributed by atoms with Gasteiger partial charge < -0.3 is 14.5 Å². The Morgan fingerprint density at radius 3 is 2.91 bits per heavy atom. The Kier molecular flexibility index (Phi) is 4.18. The summed E-state index contributed by atoms with van der Waals surface area (Å²) in [5.41, 5.74) is 0.0672. The second-order valence-electron chi connectivity index (χ2n) is 6.12. The fourth-order valence-corrected chi connectivity index (χ4v) is 3.93. The minimum absolute atomic E-state index is 0.0672. The second-order valence-corrected chi connectivity index (χ2v) is 6.12. The number of amides is 1. The Bertz CT molecular complexity index is 551. The molecular weight excluding hydrogens is 280 g/mol. The predicted octanol–water partition coefficient (Wildman–Crippen LogP) is 1.86. The molecule has 0 saturated carbocycles. The molecule has 1 atom stereocenters. The van der Waals surface area contributed by atoms with Gasteiger partial charge in [0.25, 0.3) is 0 Å². The molecule has 2 fully saturated rings. The van der Waals surface area contributed by atoms with E-state index in [0.717, 1.165) is 51.1 Å². The summed E-state index contributed by atoms with van der Waals surface area (Å²) in [7, 11) is 1.62. The summed E-state index contributed by atoms with van der Waals surface area (Å²) in [5, 5.41) is 0. The highest BCUT2D eigenvalue weighted by atomic mass is 16.5. The topological polar surface area (TPSA) is 58.6 Å². The molecule has 3 heterocycles. The van der Waals surface area contributed by atoms with E-state index in [4.69, 9.17) is 4.74 Å². The Balaban J connectivity index is 1.76. The molecule has 2 saturated heterocycles. The summed E-state index contributed by atoms with van der Waals surface area (Å²) in [6.45, 7) is 4.79. The Morgan fingerprint density at radius 2 is 2.14 bits per heavy atom. The van der Waals surface area contributed by atoms with Crippen LogP contribution in [0.1, 0.15) is 39.0 Å². The fourth-order valence-electron chi connectivity index (χ4n) is 3.93. The zero-order valence-electron chi connectivity index (χ0n) is 13.4. The van der Waals surface area contributed by atoms with Crippen LogP contribution in [0.25, 0.3) is 0 Å². The first-order chi connectivity index (χ1) is 10.7. The van der Waals surface area contributed by atoms with Gasteiger partial charge in [-0.15, -0.1) is 0 Å². The normalized spacial score (nSPS) is 25.6. The van der Waals surface area contributed by atoms with Gasteiger partial charge in [-0.2, -0.15) is 0 Å². The van der Waals surface area contributed by atoms with Gasteiger partial charge in [0.1, 0.15) is 12.1 Å². The summed E-state index contributed by atoms with van der Waals surface area (Å²) in [6, 6.07) is 1.88. The van der Waals surface area contributed by atoms with Gasteiger partial charge in [0.05, 0.1) is 7.11 Å². The molecule has 1 aromatic heterocycles. The van der Waals surface area contributed by atoms with Crippen molar-refractivity contribution in [3.63, 3.8) is 0 Å². The van der Waals surface area contributed by atoms with Crippen molar-refractivity contribution in [1.29, 1.82) is 0 Å². The van der Waals surface area contributed by atoms with Crippen molar-refractivity contribution in [2.24, 2.45) is 0 Å². The van der Waals surface area contributed by atoms with Crippen LogP contribution in [0.5, 0.6) is 5.88 Å². The molecule has 3 rings (SSSR count). The maximum absolute atomic E-state index is 12.1. The van der Waals surface area contributed by atoms with Gasteiger partial charge in [0.2, 0.25) is 11.8 Å². The molecule has 120 valence electrons. The van der Waals surface area contributed by atoms with Crippen molar-refractivity contribution in [2.75, 3.05) is 31.6 Å². The molecule has 6 nitrogen and oxygen atoms in total. The van der Waals surface area contributed by atoms with E-state index in [1.807, 2.05) is 6.07 Å². The highest BCUT2D eigenvalue weighted by Crippen LogP contribution is 2.39. The third-order valence-corrected chi connectivity index (χ3v) is 5.07. The minimum atomic E-state index is 0.0672. The number of rotatable bonds is 3. The Labute approximate surface area is 131 Å². The lowest BCUT2D eigenvalue weighted by Gasteiger charge is -2.37. The van der Waals surface area contributed by atoms with Gasteiger partial charge in [-0.05, 0) is 32.6 Å². The van der Waals surface area contributed by atoms with Crippen LogP contribution in [-0.2, 0) is 4.79 Å². The minimum Gasteiger partial charge on any atom is -0.481 e. The molecule has 6 heteroatoms. The van der Waals surface area contributed by atoms with Crippen LogP contribution < -0.4 is 9.64 Å². The van der Waals surface area contributed by atoms with Crippen LogP contribution >= 0.6 is 0 Å². The van der Waals surface area contributed by atoms with Gasteiger partial charge in [-0.1, -0.05) is 0 Å². The predicted molar refractivity (Wildman–Crippen MR) is 84.0 cm³/mol. The monoisotopic (exact) mass is 304 g/mol. The third kappa shape index (κ3) is 2.62. The number of aromatic nitrogens is 2. The highest BCUT2D eigenvalue weighted by Gasteiger charge is 2.44. The number of likely N-dealkylation sites (tertiary alicyclic amines) is 1. The van der Waals surface area contributed by atoms with Crippen molar-refractivity contribution in [1.82, 2.24) is 14.9 Å². The number of hydrogen-bond donors (Lipinski definition) is 0. The molecule has 2 aliphatic rings.